The van der Waals surface area contributed by atoms with Gasteiger partial charge in [0.1, 0.15) is 0 Å². The summed E-state index contributed by atoms with van der Waals surface area (Å²) in [6, 6.07) is 8.27. The van der Waals surface area contributed by atoms with Crippen molar-refractivity contribution < 1.29 is 9.63 Å². The van der Waals surface area contributed by atoms with Gasteiger partial charge in [0.15, 0.2) is 0 Å². The molecule has 1 amide bonds. The Bertz CT molecular complexity index is 901. The number of aromatic amines is 1. The van der Waals surface area contributed by atoms with Gasteiger partial charge in [0.2, 0.25) is 5.91 Å². The normalized spacial score (nSPS) is 12.0. The number of amides is 1. The Morgan fingerprint density at radius 3 is 2.88 bits per heavy atom. The first-order chi connectivity index (χ1) is 12.5. The van der Waals surface area contributed by atoms with Crippen molar-refractivity contribution in [1.82, 2.24) is 20.8 Å². The first kappa shape index (κ1) is 18.4. The first-order valence-electron chi connectivity index (χ1n) is 8.88. The second-order valence-electron chi connectivity index (χ2n) is 7.36. The molecule has 1 aromatic carbocycles. The number of aryl methyl sites for hydroxylation is 1. The monoisotopic (exact) mass is 354 g/mol. The molecule has 6 heteroatoms. The molecule has 0 saturated heterocycles. The van der Waals surface area contributed by atoms with Crippen molar-refractivity contribution in [3.05, 3.63) is 42.2 Å². The van der Waals surface area contributed by atoms with Crippen LogP contribution in [0.3, 0.4) is 0 Å². The molecule has 2 heterocycles. The second kappa shape index (κ2) is 7.85. The zero-order valence-corrected chi connectivity index (χ0v) is 15.6. The summed E-state index contributed by atoms with van der Waals surface area (Å²) in [4.78, 5) is 25.0. The Hall–Kier alpha value is -2.44. The number of pyridine rings is 1. The number of benzene rings is 1. The molecule has 0 radical (unpaired) electrons. The van der Waals surface area contributed by atoms with Crippen LogP contribution in [0.1, 0.15) is 25.8 Å². The maximum absolute atomic E-state index is 12.2. The fraction of sp³-hybridized carbons (Fsp3) is 0.400. The Morgan fingerprint density at radius 1 is 1.23 bits per heavy atom. The van der Waals surface area contributed by atoms with Gasteiger partial charge in [-0.3, -0.25) is 9.78 Å². The molecule has 2 aromatic heterocycles. The molecular weight excluding hydrogens is 328 g/mol. The average Bonchev–Trinajstić information content (AvgIpc) is 3.01. The summed E-state index contributed by atoms with van der Waals surface area (Å²) >= 11 is 0. The molecule has 0 aliphatic carbocycles. The van der Waals surface area contributed by atoms with Crippen molar-refractivity contribution >= 4 is 27.7 Å². The van der Waals surface area contributed by atoms with Crippen molar-refractivity contribution in [2.24, 2.45) is 5.41 Å². The lowest BCUT2D eigenvalue weighted by atomic mass is 9.95. The van der Waals surface area contributed by atoms with E-state index >= 15 is 0 Å². The molecule has 0 aliphatic rings. The van der Waals surface area contributed by atoms with Crippen LogP contribution in [0, 0.1) is 5.41 Å². The number of nitrogens with one attached hydrogen (secondary N) is 3. The minimum absolute atomic E-state index is 0.0588. The maximum atomic E-state index is 12.2. The molecule has 6 nitrogen and oxygen atoms in total. The van der Waals surface area contributed by atoms with Crippen molar-refractivity contribution in [3.8, 4) is 0 Å². The van der Waals surface area contributed by atoms with E-state index in [2.05, 4.69) is 52.8 Å². The number of hydroxylamine groups is 1. The van der Waals surface area contributed by atoms with Gasteiger partial charge in [0, 0.05) is 59.6 Å². The van der Waals surface area contributed by atoms with Crippen LogP contribution < -0.4 is 10.8 Å². The summed E-state index contributed by atoms with van der Waals surface area (Å²) in [5.74, 6) is 0.0588. The molecule has 138 valence electrons. The van der Waals surface area contributed by atoms with Crippen LogP contribution in [-0.2, 0) is 16.1 Å². The van der Waals surface area contributed by atoms with Crippen LogP contribution in [0.15, 0.2) is 36.7 Å². The molecule has 0 unspecified atom stereocenters. The van der Waals surface area contributed by atoms with E-state index in [1.54, 1.807) is 13.2 Å². The van der Waals surface area contributed by atoms with E-state index in [0.717, 1.165) is 27.4 Å². The van der Waals surface area contributed by atoms with Crippen molar-refractivity contribution in [3.63, 3.8) is 0 Å². The van der Waals surface area contributed by atoms with Crippen molar-refractivity contribution in [1.29, 1.82) is 0 Å². The zero-order chi connectivity index (χ0) is 18.6. The molecule has 0 bridgehead atoms. The third-order valence-corrected chi connectivity index (χ3v) is 4.48. The Morgan fingerprint density at radius 2 is 2.08 bits per heavy atom. The highest BCUT2D eigenvalue weighted by molar-refractivity contribution is 6.06. The van der Waals surface area contributed by atoms with E-state index < -0.39 is 0 Å². The SMILES string of the molecule is CNOCC(C)(C)CNC(=O)CCc1ccc2c(c1)[nH]c1ccncc12. The fourth-order valence-electron chi connectivity index (χ4n) is 2.95. The van der Waals surface area contributed by atoms with Crippen LogP contribution in [-0.4, -0.2) is 36.1 Å². The van der Waals surface area contributed by atoms with E-state index in [1.807, 2.05) is 12.3 Å². The van der Waals surface area contributed by atoms with E-state index in [0.29, 0.717) is 26.0 Å². The van der Waals surface area contributed by atoms with E-state index in [1.165, 1.54) is 0 Å². The molecule has 0 saturated carbocycles. The molecule has 26 heavy (non-hydrogen) atoms. The van der Waals surface area contributed by atoms with Crippen molar-refractivity contribution in [2.45, 2.75) is 26.7 Å². The Labute approximate surface area is 153 Å². The van der Waals surface area contributed by atoms with Crippen LogP contribution in [0.5, 0.6) is 0 Å². The van der Waals surface area contributed by atoms with Crippen LogP contribution >= 0.6 is 0 Å². The fourth-order valence-corrected chi connectivity index (χ4v) is 2.95. The molecular formula is C20H26N4O2. The summed E-state index contributed by atoms with van der Waals surface area (Å²) in [7, 11) is 1.73. The quantitative estimate of drug-likeness (QED) is 0.544. The third-order valence-electron chi connectivity index (χ3n) is 4.48. The van der Waals surface area contributed by atoms with Gasteiger partial charge in [-0.1, -0.05) is 26.0 Å². The lowest BCUT2D eigenvalue weighted by molar-refractivity contribution is -0.121. The van der Waals surface area contributed by atoms with Crippen LogP contribution in [0.25, 0.3) is 21.8 Å². The molecule has 0 aliphatic heterocycles. The minimum Gasteiger partial charge on any atom is -0.355 e. The van der Waals surface area contributed by atoms with Gasteiger partial charge in [-0.15, -0.1) is 0 Å². The van der Waals surface area contributed by atoms with Crippen LogP contribution in [0.2, 0.25) is 0 Å². The molecule has 0 spiro atoms. The molecule has 3 aromatic rings. The van der Waals surface area contributed by atoms with E-state index in [-0.39, 0.29) is 11.3 Å². The molecule has 3 rings (SSSR count). The summed E-state index contributed by atoms with van der Waals surface area (Å²) in [5.41, 5.74) is 5.85. The molecule has 3 N–H and O–H groups in total. The summed E-state index contributed by atoms with van der Waals surface area (Å²) < 4.78 is 0. The maximum Gasteiger partial charge on any atom is 0.220 e. The first-order valence-corrected chi connectivity index (χ1v) is 8.88. The van der Waals surface area contributed by atoms with E-state index in [9.17, 15) is 4.79 Å². The van der Waals surface area contributed by atoms with Gasteiger partial charge in [-0.05, 0) is 24.1 Å². The largest absolute Gasteiger partial charge is 0.355 e. The second-order valence-corrected chi connectivity index (χ2v) is 7.36. The summed E-state index contributed by atoms with van der Waals surface area (Å²) in [6.07, 6.45) is 4.84. The minimum atomic E-state index is -0.115. The number of carbonyl (C=O) groups excluding carboxylic acids is 1. The number of carbonyl (C=O) groups is 1. The average molecular weight is 354 g/mol. The summed E-state index contributed by atoms with van der Waals surface area (Å²) in [5, 5.41) is 5.28. The van der Waals surface area contributed by atoms with Gasteiger partial charge in [0.05, 0.1) is 6.61 Å². The van der Waals surface area contributed by atoms with Gasteiger partial charge in [-0.2, -0.15) is 0 Å². The highest BCUT2D eigenvalue weighted by Gasteiger charge is 2.19. The number of H-pyrrole nitrogens is 1. The standard InChI is InChI=1S/C20H26N4O2/c1-20(2,13-26-21-3)12-23-19(25)7-5-14-4-6-15-16-11-22-9-8-17(16)24-18(15)10-14/h4,6,8-11,21,24H,5,7,12-13H2,1-3H3,(H,23,25). The van der Waals surface area contributed by atoms with Gasteiger partial charge in [-0.25, -0.2) is 5.48 Å². The number of rotatable bonds is 8. The lowest BCUT2D eigenvalue weighted by Gasteiger charge is -2.24. The predicted molar refractivity (Wildman–Crippen MR) is 104 cm³/mol. The van der Waals surface area contributed by atoms with Crippen LogP contribution in [0.4, 0.5) is 0 Å². The number of fused-ring (bicyclic) bond motifs is 3. The molecule has 0 atom stereocenters. The Kier molecular flexibility index (Phi) is 5.54. The van der Waals surface area contributed by atoms with Gasteiger partial charge >= 0.3 is 0 Å². The lowest BCUT2D eigenvalue weighted by Crippen LogP contribution is -2.37. The van der Waals surface area contributed by atoms with E-state index in [4.69, 9.17) is 4.84 Å². The number of hydrogen-bond donors (Lipinski definition) is 3. The predicted octanol–water partition coefficient (Wildman–Crippen LogP) is 2.94. The highest BCUT2D eigenvalue weighted by atomic mass is 16.6. The van der Waals surface area contributed by atoms with Crippen molar-refractivity contribution in [2.75, 3.05) is 20.2 Å². The Balaban J connectivity index is 1.57. The molecule has 0 fully saturated rings. The summed E-state index contributed by atoms with van der Waals surface area (Å²) in [6.45, 7) is 5.24. The highest BCUT2D eigenvalue weighted by Crippen LogP contribution is 2.25. The number of aromatic nitrogens is 2. The smallest absolute Gasteiger partial charge is 0.220 e. The zero-order valence-electron chi connectivity index (χ0n) is 15.6. The van der Waals surface area contributed by atoms with Gasteiger partial charge < -0.3 is 15.1 Å². The number of nitrogens with zero attached hydrogens (tertiary/aromatic N) is 1. The van der Waals surface area contributed by atoms with Gasteiger partial charge in [0.25, 0.3) is 0 Å². The third kappa shape index (κ3) is 4.39. The topological polar surface area (TPSA) is 79.0 Å². The number of hydrogen-bond acceptors (Lipinski definition) is 4.